The minimum atomic E-state index is -5.77. The fourth-order valence-corrected chi connectivity index (χ4v) is 4.01. The summed E-state index contributed by atoms with van der Waals surface area (Å²) in [5.41, 5.74) is 8.11. The maximum absolute atomic E-state index is 12.0. The lowest BCUT2D eigenvalue weighted by Crippen LogP contribution is -2.39. The Bertz CT molecular complexity index is 1600. The maximum Gasteiger partial charge on any atom is 0.458 e. The smallest absolute Gasteiger partial charge is 0.358 e. The third kappa shape index (κ3) is 7.39. The van der Waals surface area contributed by atoms with Crippen LogP contribution in [0.15, 0.2) is 79.0 Å². The zero-order valence-corrected chi connectivity index (χ0v) is 21.5. The molecule has 5 rings (SSSR count). The molecule has 1 aliphatic heterocycles. The van der Waals surface area contributed by atoms with E-state index in [1.54, 1.807) is 6.20 Å². The van der Waals surface area contributed by atoms with Crippen molar-refractivity contribution in [3.05, 3.63) is 102 Å². The molecule has 0 bridgehead atoms. The molecule has 0 unspecified atom stereocenters. The predicted molar refractivity (Wildman–Crippen MR) is 143 cm³/mol. The molecule has 2 aromatic heterocycles. The highest BCUT2D eigenvalue weighted by Gasteiger charge is 2.54. The van der Waals surface area contributed by atoms with E-state index in [4.69, 9.17) is 0 Å². The number of carbonyl (C=O) groups is 3. The summed E-state index contributed by atoms with van der Waals surface area (Å²) in [5.74, 6) is -6.82. The summed E-state index contributed by atoms with van der Waals surface area (Å²) in [7, 11) is 0. The number of H-pyrrole nitrogens is 1. The van der Waals surface area contributed by atoms with Gasteiger partial charge in [0, 0.05) is 36.1 Å². The van der Waals surface area contributed by atoms with Crippen LogP contribution in [0.1, 0.15) is 27.3 Å². The van der Waals surface area contributed by atoms with Crippen molar-refractivity contribution in [3.63, 3.8) is 0 Å². The number of Topliss-reactive ketones (excluding diaryl/α,β-unsaturated/α-hetero) is 2. The lowest BCUT2D eigenvalue weighted by molar-refractivity contribution is -0.193. The third-order valence-corrected chi connectivity index (χ3v) is 6.08. The summed E-state index contributed by atoms with van der Waals surface area (Å²) in [6.45, 7) is 0.680. The Labute approximate surface area is 235 Å². The van der Waals surface area contributed by atoms with Gasteiger partial charge in [-0.15, -0.1) is 0 Å². The van der Waals surface area contributed by atoms with Crippen molar-refractivity contribution in [1.82, 2.24) is 15.3 Å². The number of fused-ring (bicyclic) bond motifs is 1. The molecule has 0 saturated carbocycles. The summed E-state index contributed by atoms with van der Waals surface area (Å²) in [4.78, 5) is 39.1. The molecule has 2 N–H and O–H groups in total. The quantitative estimate of drug-likeness (QED) is 0.208. The zero-order chi connectivity index (χ0) is 30.5. The highest BCUT2D eigenvalue weighted by atomic mass is 19.4. The van der Waals surface area contributed by atoms with Gasteiger partial charge in [-0.25, -0.2) is 0 Å². The normalized spacial score (nSPS) is 13.1. The number of ketones is 2. The summed E-state index contributed by atoms with van der Waals surface area (Å²) in [5, 5.41) is 2.88. The molecule has 0 saturated heterocycles. The third-order valence-electron chi connectivity index (χ3n) is 6.08. The van der Waals surface area contributed by atoms with Crippen LogP contribution in [0.2, 0.25) is 0 Å². The average Bonchev–Trinajstić information content (AvgIpc) is 3.42. The van der Waals surface area contributed by atoms with E-state index < -0.39 is 23.9 Å². The van der Waals surface area contributed by atoms with E-state index in [0.29, 0.717) is 6.54 Å². The highest BCUT2D eigenvalue weighted by molar-refractivity contribution is 6.41. The van der Waals surface area contributed by atoms with Crippen LogP contribution in [0.5, 0.6) is 0 Å². The molecule has 0 fully saturated rings. The van der Waals surface area contributed by atoms with Crippen LogP contribution in [-0.4, -0.2) is 46.3 Å². The SMILES string of the molecule is O=C(C(=O)C(F)(F)F)C(F)(F)F.O=C1NCCc2[nH]c(-c3ccnc(/C=C/c4ccc(-c5ccccc5)cc4)c3)cc21. The first-order valence-corrected chi connectivity index (χ1v) is 12.4. The number of rotatable bonds is 5. The van der Waals surface area contributed by atoms with E-state index in [0.717, 1.165) is 40.2 Å². The van der Waals surface area contributed by atoms with E-state index >= 15 is 0 Å². The second kappa shape index (κ2) is 12.2. The van der Waals surface area contributed by atoms with E-state index in [-0.39, 0.29) is 5.91 Å². The minimum absolute atomic E-state index is 0.00752. The summed E-state index contributed by atoms with van der Waals surface area (Å²) in [6.07, 6.45) is -4.84. The van der Waals surface area contributed by atoms with Gasteiger partial charge >= 0.3 is 23.9 Å². The van der Waals surface area contributed by atoms with Crippen LogP contribution in [0.4, 0.5) is 26.3 Å². The molecule has 0 atom stereocenters. The number of amides is 1. The predicted octanol–water partition coefficient (Wildman–Crippen LogP) is 6.45. The Balaban J connectivity index is 0.000000288. The van der Waals surface area contributed by atoms with E-state index in [9.17, 15) is 40.7 Å². The Morgan fingerprint density at radius 1 is 0.762 bits per heavy atom. The van der Waals surface area contributed by atoms with Crippen LogP contribution in [0, 0.1) is 0 Å². The van der Waals surface area contributed by atoms with Gasteiger partial charge in [-0.2, -0.15) is 26.3 Å². The monoisotopic (exact) mass is 585 g/mol. The van der Waals surface area contributed by atoms with Gasteiger partial charge in [0.2, 0.25) is 0 Å². The Kier molecular flexibility index (Phi) is 8.74. The van der Waals surface area contributed by atoms with Gasteiger partial charge in [0.05, 0.1) is 11.3 Å². The van der Waals surface area contributed by atoms with Gasteiger partial charge in [0.15, 0.2) is 0 Å². The molecule has 42 heavy (non-hydrogen) atoms. The lowest BCUT2D eigenvalue weighted by Gasteiger charge is -2.10. The molecule has 0 radical (unpaired) electrons. The highest BCUT2D eigenvalue weighted by Crippen LogP contribution is 2.26. The molecule has 4 aromatic rings. The number of aromatic nitrogens is 2. The van der Waals surface area contributed by atoms with Gasteiger partial charge in [-0.1, -0.05) is 60.7 Å². The van der Waals surface area contributed by atoms with Gasteiger partial charge in [-0.3, -0.25) is 19.4 Å². The first kappa shape index (κ1) is 30.0. The van der Waals surface area contributed by atoms with Crippen molar-refractivity contribution in [2.24, 2.45) is 0 Å². The molecule has 2 aromatic carbocycles. The topological polar surface area (TPSA) is 91.9 Å². The van der Waals surface area contributed by atoms with Gasteiger partial charge < -0.3 is 10.3 Å². The molecule has 1 amide bonds. The molecule has 3 heterocycles. The molecule has 1 aliphatic rings. The van der Waals surface area contributed by atoms with Crippen molar-refractivity contribution < 1.29 is 40.7 Å². The lowest BCUT2D eigenvalue weighted by atomic mass is 10.0. The van der Waals surface area contributed by atoms with Gasteiger partial charge in [0.25, 0.3) is 5.91 Å². The number of halogens is 6. The van der Waals surface area contributed by atoms with E-state index in [1.165, 1.54) is 11.1 Å². The van der Waals surface area contributed by atoms with E-state index in [1.807, 2.05) is 30.3 Å². The zero-order valence-electron chi connectivity index (χ0n) is 21.5. The fraction of sp³-hybridized carbons (Fsp3) is 0.133. The number of hydrogen-bond acceptors (Lipinski definition) is 4. The second-order valence-electron chi connectivity index (χ2n) is 9.03. The minimum Gasteiger partial charge on any atom is -0.358 e. The van der Waals surface area contributed by atoms with Crippen LogP contribution in [-0.2, 0) is 16.0 Å². The van der Waals surface area contributed by atoms with Crippen molar-refractivity contribution in [1.29, 1.82) is 0 Å². The molecule has 0 spiro atoms. The van der Waals surface area contributed by atoms with Crippen LogP contribution in [0.25, 0.3) is 34.5 Å². The summed E-state index contributed by atoms with van der Waals surface area (Å²) in [6, 6.07) is 24.8. The first-order chi connectivity index (χ1) is 19.8. The first-order valence-electron chi connectivity index (χ1n) is 12.4. The maximum atomic E-state index is 12.0. The number of nitrogens with zero attached hydrogens (tertiary/aromatic N) is 1. The van der Waals surface area contributed by atoms with Crippen LogP contribution >= 0.6 is 0 Å². The van der Waals surface area contributed by atoms with E-state index in [2.05, 4.69) is 69.9 Å². The number of benzene rings is 2. The fourth-order valence-electron chi connectivity index (χ4n) is 4.01. The van der Waals surface area contributed by atoms with Gasteiger partial charge in [-0.05, 0) is 41.0 Å². The molecular formula is C30H21F6N3O3. The van der Waals surface area contributed by atoms with Crippen molar-refractivity contribution >= 4 is 29.6 Å². The number of carbonyl (C=O) groups excluding carboxylic acids is 3. The molecule has 6 nitrogen and oxygen atoms in total. The number of aromatic amines is 1. The Morgan fingerprint density at radius 3 is 1.98 bits per heavy atom. The van der Waals surface area contributed by atoms with Gasteiger partial charge in [0.1, 0.15) is 0 Å². The van der Waals surface area contributed by atoms with Crippen LogP contribution in [0.3, 0.4) is 0 Å². The molecule has 0 aliphatic carbocycles. The summed E-state index contributed by atoms with van der Waals surface area (Å²) < 4.78 is 67.0. The number of alkyl halides is 6. The molecular weight excluding hydrogens is 564 g/mol. The van der Waals surface area contributed by atoms with Crippen molar-refractivity contribution in [3.8, 4) is 22.4 Å². The Morgan fingerprint density at radius 2 is 1.38 bits per heavy atom. The number of nitrogens with one attached hydrogen (secondary N) is 2. The number of pyridine rings is 1. The van der Waals surface area contributed by atoms with Crippen LogP contribution < -0.4 is 5.32 Å². The molecule has 216 valence electrons. The largest absolute Gasteiger partial charge is 0.458 e. The molecule has 12 heteroatoms. The number of hydrogen-bond donors (Lipinski definition) is 2. The van der Waals surface area contributed by atoms with Crippen molar-refractivity contribution in [2.45, 2.75) is 18.8 Å². The summed E-state index contributed by atoms with van der Waals surface area (Å²) >= 11 is 0. The standard InChI is InChI=1S/C26H21N3O.C4F6O2/c30-26-23-17-25(29-24(23)13-15-28-26)21-12-14-27-22(16-21)11-8-18-6-9-20(10-7-18)19-4-2-1-3-5-19;5-3(6,7)1(11)2(12)4(8,9)10/h1-12,14,16-17,29H,13,15H2,(H,28,30);/b11-8+;. The second-order valence-corrected chi connectivity index (χ2v) is 9.03. The Hall–Kier alpha value is -5.00. The van der Waals surface area contributed by atoms with Crippen molar-refractivity contribution in [2.75, 3.05) is 6.54 Å². The average molecular weight is 586 g/mol.